The number of fused-ring (bicyclic) bond motifs is 1. The molecule has 0 radical (unpaired) electrons. The molecule has 3 aliphatic rings. The Morgan fingerprint density at radius 1 is 0.943 bits per heavy atom. The zero-order valence-electron chi connectivity index (χ0n) is 19.7. The van der Waals surface area contributed by atoms with Gasteiger partial charge in [-0.25, -0.2) is 0 Å². The highest BCUT2D eigenvalue weighted by Crippen LogP contribution is 2.45. The van der Waals surface area contributed by atoms with Gasteiger partial charge in [0.2, 0.25) is 0 Å². The number of para-hydroxylation sites is 2. The Morgan fingerprint density at radius 2 is 1.66 bits per heavy atom. The van der Waals surface area contributed by atoms with E-state index in [0.717, 1.165) is 51.6 Å². The lowest BCUT2D eigenvalue weighted by atomic mass is 9.95. The Hall–Kier alpha value is -3.10. The number of aromatic nitrogens is 1. The first-order valence-electron chi connectivity index (χ1n) is 12.0. The minimum Gasteiger partial charge on any atom is -0.337 e. The molecule has 3 heterocycles. The van der Waals surface area contributed by atoms with Crippen LogP contribution in [0.15, 0.2) is 69.4 Å². The number of nitrogens with zero attached hydrogens (tertiary/aromatic N) is 4. The summed E-state index contributed by atoms with van der Waals surface area (Å²) in [6.07, 6.45) is 5.32. The molecule has 8 heteroatoms. The van der Waals surface area contributed by atoms with Crippen LogP contribution >= 0.6 is 23.1 Å². The van der Waals surface area contributed by atoms with Crippen molar-refractivity contribution in [1.29, 1.82) is 0 Å². The number of thioether (sulfide) groups is 1. The molecule has 1 fully saturated rings. The van der Waals surface area contributed by atoms with Crippen molar-refractivity contribution in [1.82, 2.24) is 4.57 Å². The second-order valence-electron chi connectivity index (χ2n) is 9.15. The van der Waals surface area contributed by atoms with E-state index >= 15 is 0 Å². The largest absolute Gasteiger partial charge is 0.337 e. The van der Waals surface area contributed by atoms with Crippen LogP contribution in [0, 0.1) is 0 Å². The van der Waals surface area contributed by atoms with Crippen LogP contribution in [0.1, 0.15) is 45.1 Å². The first-order chi connectivity index (χ1) is 17.0. The van der Waals surface area contributed by atoms with Crippen molar-refractivity contribution in [2.24, 2.45) is 5.10 Å². The van der Waals surface area contributed by atoms with Crippen LogP contribution in [-0.4, -0.2) is 23.2 Å². The molecule has 0 saturated heterocycles. The number of anilines is 2. The normalized spacial score (nSPS) is 21.5. The molecule has 0 N–H and O–H groups in total. The highest BCUT2D eigenvalue weighted by molar-refractivity contribution is 8.08. The molecule has 0 bridgehead atoms. The predicted octanol–water partition coefficient (Wildman–Crippen LogP) is 4.30. The summed E-state index contributed by atoms with van der Waals surface area (Å²) >= 11 is 3.07. The Balaban J connectivity index is 1.59. The van der Waals surface area contributed by atoms with Crippen LogP contribution in [0.25, 0.3) is 10.6 Å². The number of hydrazone groups is 1. The minimum atomic E-state index is -0.174. The molecule has 0 spiro atoms. The van der Waals surface area contributed by atoms with Gasteiger partial charge in [-0.3, -0.25) is 14.2 Å². The van der Waals surface area contributed by atoms with E-state index in [-0.39, 0.29) is 17.5 Å². The molecule has 1 aromatic heterocycles. The van der Waals surface area contributed by atoms with E-state index in [9.17, 15) is 9.59 Å². The third-order valence-corrected chi connectivity index (χ3v) is 9.47. The molecule has 1 aliphatic carbocycles. The van der Waals surface area contributed by atoms with Crippen molar-refractivity contribution in [2.45, 2.75) is 50.0 Å². The van der Waals surface area contributed by atoms with E-state index in [0.29, 0.717) is 15.8 Å². The molecule has 2 aliphatic heterocycles. The highest BCUT2D eigenvalue weighted by atomic mass is 32.2. The zero-order valence-corrected chi connectivity index (χ0v) is 21.4. The summed E-state index contributed by atoms with van der Waals surface area (Å²) in [6.45, 7) is 1.87. The van der Waals surface area contributed by atoms with Gasteiger partial charge in [-0.05, 0) is 44.0 Å². The monoisotopic (exact) mass is 502 g/mol. The summed E-state index contributed by atoms with van der Waals surface area (Å²) < 4.78 is 3.35. The maximum atomic E-state index is 14.0. The number of benzene rings is 2. The van der Waals surface area contributed by atoms with Gasteiger partial charge in [0, 0.05) is 18.0 Å². The first kappa shape index (κ1) is 22.4. The van der Waals surface area contributed by atoms with E-state index in [4.69, 9.17) is 0 Å². The lowest BCUT2D eigenvalue weighted by Crippen LogP contribution is -2.38. The smallest absolute Gasteiger partial charge is 0.283 e. The number of carbonyl (C=O) groups excluding carboxylic acids is 1. The molecule has 2 aromatic carbocycles. The van der Waals surface area contributed by atoms with Gasteiger partial charge in [0.25, 0.3) is 11.5 Å². The third-order valence-electron chi connectivity index (χ3n) is 6.94. The topological polar surface area (TPSA) is 57.9 Å². The molecule has 0 atom stereocenters. The van der Waals surface area contributed by atoms with Gasteiger partial charge in [0.1, 0.15) is 14.2 Å². The van der Waals surface area contributed by atoms with Crippen LogP contribution < -0.4 is 24.7 Å². The van der Waals surface area contributed by atoms with E-state index in [1.165, 1.54) is 22.8 Å². The van der Waals surface area contributed by atoms with E-state index in [1.807, 2.05) is 61.0 Å². The zero-order chi connectivity index (χ0) is 24.1. The molecule has 35 heavy (non-hydrogen) atoms. The van der Waals surface area contributed by atoms with E-state index < -0.39 is 0 Å². The number of thiazole rings is 1. The first-order valence-corrected chi connectivity index (χ1v) is 13.6. The Bertz CT molecular complexity index is 1530. The summed E-state index contributed by atoms with van der Waals surface area (Å²) in [5.41, 5.74) is 3.02. The van der Waals surface area contributed by atoms with Crippen molar-refractivity contribution < 1.29 is 4.79 Å². The second-order valence-corrected chi connectivity index (χ2v) is 11.2. The summed E-state index contributed by atoms with van der Waals surface area (Å²) in [4.78, 5) is 30.9. The van der Waals surface area contributed by atoms with Crippen molar-refractivity contribution in [3.8, 4) is 0 Å². The van der Waals surface area contributed by atoms with Gasteiger partial charge in [0.05, 0.1) is 22.7 Å². The molecule has 178 valence electrons. The lowest BCUT2D eigenvalue weighted by molar-refractivity contribution is -0.112. The quantitative estimate of drug-likeness (QED) is 0.525. The van der Waals surface area contributed by atoms with Crippen LogP contribution in [-0.2, 0) is 4.79 Å². The maximum Gasteiger partial charge on any atom is 0.283 e. The van der Waals surface area contributed by atoms with E-state index in [1.54, 1.807) is 11.8 Å². The number of hydrogen-bond donors (Lipinski definition) is 0. The van der Waals surface area contributed by atoms with Crippen LogP contribution in [0.3, 0.4) is 0 Å². The van der Waals surface area contributed by atoms with Crippen LogP contribution in [0.4, 0.5) is 11.4 Å². The summed E-state index contributed by atoms with van der Waals surface area (Å²) in [5.74, 6) is -0.174. The van der Waals surface area contributed by atoms with Gasteiger partial charge in [0.15, 0.2) is 0 Å². The van der Waals surface area contributed by atoms with Crippen molar-refractivity contribution >= 4 is 56.7 Å². The molecule has 1 amide bonds. The fourth-order valence-corrected chi connectivity index (χ4v) is 7.77. The van der Waals surface area contributed by atoms with E-state index in [2.05, 4.69) is 22.1 Å². The van der Waals surface area contributed by atoms with Gasteiger partial charge < -0.3 is 4.90 Å². The third kappa shape index (κ3) is 3.67. The molecule has 6 rings (SSSR count). The van der Waals surface area contributed by atoms with Crippen molar-refractivity contribution in [2.75, 3.05) is 17.0 Å². The Morgan fingerprint density at radius 3 is 2.40 bits per heavy atom. The fourth-order valence-electron chi connectivity index (χ4n) is 5.17. The molecular formula is C27H26N4O2S2. The maximum absolute atomic E-state index is 14.0. The Kier molecular flexibility index (Phi) is 5.65. The Labute approximate surface area is 211 Å². The van der Waals surface area contributed by atoms with Crippen LogP contribution in [0.2, 0.25) is 0 Å². The summed E-state index contributed by atoms with van der Waals surface area (Å²) in [7, 11) is 2.01. The molecule has 1 saturated carbocycles. The van der Waals surface area contributed by atoms with Gasteiger partial charge in [-0.15, -0.1) is 11.3 Å². The lowest BCUT2D eigenvalue weighted by Gasteiger charge is -2.23. The fraction of sp³-hybridized carbons (Fsp3) is 0.296. The van der Waals surface area contributed by atoms with Gasteiger partial charge >= 0.3 is 0 Å². The molecule has 3 aromatic rings. The number of carbonyl (C=O) groups is 1. The summed E-state index contributed by atoms with van der Waals surface area (Å²) in [5, 5.41) is 6.99. The van der Waals surface area contributed by atoms with Gasteiger partial charge in [-0.1, -0.05) is 61.4 Å². The number of hydrogen-bond acceptors (Lipinski definition) is 6. The number of amides is 1. The average molecular weight is 503 g/mol. The number of rotatable bonds is 2. The van der Waals surface area contributed by atoms with Crippen LogP contribution in [0.5, 0.6) is 0 Å². The molecule has 0 unspecified atom stereocenters. The highest BCUT2D eigenvalue weighted by Gasteiger charge is 2.33. The minimum absolute atomic E-state index is 0.00492. The van der Waals surface area contributed by atoms with Gasteiger partial charge in [-0.2, -0.15) is 10.1 Å². The SMILES string of the molecule is CC1=NN(c2ccccc2)C(=O)/C1=c1/s/c(=C2\Sc3ccccc3N2C)c(=O)n1C1CCCCC1. The second kappa shape index (κ2) is 8.84. The summed E-state index contributed by atoms with van der Waals surface area (Å²) in [6, 6.07) is 17.8. The molecular weight excluding hydrogens is 476 g/mol. The molecule has 6 nitrogen and oxygen atoms in total. The predicted molar refractivity (Wildman–Crippen MR) is 145 cm³/mol. The standard InChI is InChI=1S/C27H26N4O2S2/c1-17-22(24(32)31(28-17)19-13-7-4-8-14-19)26-30(18-11-5-3-6-12-18)25(33)23(35-26)27-29(2)20-15-9-10-16-21(20)34-27/h4,7-10,13-16,18H,3,5-6,11-12H2,1-2H3/b26-22+,27-23-. The van der Waals surface area contributed by atoms with Crippen molar-refractivity contribution in [3.63, 3.8) is 0 Å². The van der Waals surface area contributed by atoms with Crippen molar-refractivity contribution in [3.05, 3.63) is 74.1 Å². The average Bonchev–Trinajstić information content (AvgIpc) is 3.50.